The van der Waals surface area contributed by atoms with Crippen LogP contribution in [0.3, 0.4) is 0 Å². The number of nitrogens with one attached hydrogen (secondary N) is 1. The number of carbonyl (C=O) groups is 2. The van der Waals surface area contributed by atoms with E-state index in [0.717, 1.165) is 22.0 Å². The van der Waals surface area contributed by atoms with E-state index >= 15 is 0 Å². The number of carboxylic acids is 1. The number of ether oxygens (including phenoxy) is 1. The Bertz CT molecular complexity index is 1920. The monoisotopic (exact) mass is 652 g/mol. The third kappa shape index (κ3) is 6.35. The van der Waals surface area contributed by atoms with Gasteiger partial charge in [-0.25, -0.2) is 9.78 Å². The molecule has 12 nitrogen and oxygen atoms in total. The maximum absolute atomic E-state index is 13.0. The van der Waals surface area contributed by atoms with Crippen LogP contribution in [-0.4, -0.2) is 60.7 Å². The number of likely N-dealkylation sites (tertiary alicyclic amines) is 1. The number of carbonyl (C=O) groups excluding carboxylic acids is 1. The second-order valence-electron chi connectivity index (χ2n) is 10.6. The van der Waals surface area contributed by atoms with Gasteiger partial charge in [-0.3, -0.25) is 28.8 Å². The smallest absolute Gasteiger partial charge is 0.330 e. The van der Waals surface area contributed by atoms with Gasteiger partial charge in [-0.2, -0.15) is 0 Å². The minimum absolute atomic E-state index is 0.181. The predicted molar refractivity (Wildman–Crippen MR) is 170 cm³/mol. The Hall–Kier alpha value is -4.52. The number of carboxylic acid groups (broad SMARTS) is 1. The molecule has 1 unspecified atom stereocenters. The third-order valence-corrected chi connectivity index (χ3v) is 8.57. The number of aromatic nitrogens is 4. The van der Waals surface area contributed by atoms with Crippen LogP contribution in [-0.2, 0) is 25.4 Å². The number of methoxy groups -OCH3 is 1. The summed E-state index contributed by atoms with van der Waals surface area (Å²) < 4.78 is 7.54. The number of anilines is 1. The summed E-state index contributed by atoms with van der Waals surface area (Å²) in [4.78, 5) is 60.5. The minimum atomic E-state index is -0.861. The molecule has 0 radical (unpaired) electrons. The fourth-order valence-electron chi connectivity index (χ4n) is 5.38. The molecule has 1 amide bonds. The zero-order valence-electron chi connectivity index (χ0n) is 24.7. The molecule has 234 valence electrons. The van der Waals surface area contributed by atoms with Gasteiger partial charge >= 0.3 is 11.7 Å². The van der Waals surface area contributed by atoms with Crippen molar-refractivity contribution in [1.82, 2.24) is 24.0 Å². The third-order valence-electron chi connectivity index (χ3n) is 7.76. The Morgan fingerprint density at radius 3 is 2.44 bits per heavy atom. The van der Waals surface area contributed by atoms with Crippen molar-refractivity contribution in [3.63, 3.8) is 0 Å². The summed E-state index contributed by atoms with van der Waals surface area (Å²) in [7, 11) is 4.21. The zero-order valence-corrected chi connectivity index (χ0v) is 26.2. The number of nitrogens with zero attached hydrogens (tertiary/aromatic N) is 5. The summed E-state index contributed by atoms with van der Waals surface area (Å²) in [6, 6.07) is 9.73. The molecular weight excluding hydrogens is 623 g/mol. The summed E-state index contributed by atoms with van der Waals surface area (Å²) in [6.07, 6.45) is 5.08. The van der Waals surface area contributed by atoms with Gasteiger partial charge in [0.05, 0.1) is 34.7 Å². The summed E-state index contributed by atoms with van der Waals surface area (Å²) in [5, 5.41) is 12.8. The lowest BCUT2D eigenvalue weighted by atomic mass is 10.0. The van der Waals surface area contributed by atoms with Crippen LogP contribution in [0.5, 0.6) is 5.88 Å². The molecule has 3 heterocycles. The van der Waals surface area contributed by atoms with E-state index in [-0.39, 0.29) is 28.7 Å². The van der Waals surface area contributed by atoms with Crippen molar-refractivity contribution in [2.75, 3.05) is 19.0 Å². The van der Waals surface area contributed by atoms with E-state index in [1.807, 2.05) is 4.90 Å². The molecule has 0 saturated carbocycles. The van der Waals surface area contributed by atoms with Gasteiger partial charge in [-0.1, -0.05) is 60.0 Å². The molecule has 2 aromatic carbocycles. The quantitative estimate of drug-likeness (QED) is 0.285. The molecule has 0 bridgehead atoms. The molecule has 14 heteroatoms. The fourth-order valence-corrected chi connectivity index (χ4v) is 5.98. The number of amides is 1. The first-order valence-corrected chi connectivity index (χ1v) is 14.8. The molecule has 45 heavy (non-hydrogen) atoms. The lowest BCUT2D eigenvalue weighted by Crippen LogP contribution is -2.44. The highest BCUT2D eigenvalue weighted by atomic mass is 35.5. The number of halogens is 2. The maximum atomic E-state index is 13.0. The Morgan fingerprint density at radius 2 is 1.73 bits per heavy atom. The van der Waals surface area contributed by atoms with Crippen LogP contribution < -0.4 is 21.3 Å². The summed E-state index contributed by atoms with van der Waals surface area (Å²) in [6.45, 7) is 0.917. The minimum Gasteiger partial charge on any atom is -0.480 e. The van der Waals surface area contributed by atoms with Gasteiger partial charge < -0.3 is 19.7 Å². The summed E-state index contributed by atoms with van der Waals surface area (Å²) >= 11 is 13.7. The van der Waals surface area contributed by atoms with E-state index in [0.29, 0.717) is 46.1 Å². The highest BCUT2D eigenvalue weighted by Gasteiger charge is 2.30. The van der Waals surface area contributed by atoms with Gasteiger partial charge in [-0.15, -0.1) is 0 Å². The molecule has 2 aromatic heterocycles. The van der Waals surface area contributed by atoms with E-state index in [9.17, 15) is 24.3 Å². The molecule has 1 aliphatic rings. The van der Waals surface area contributed by atoms with E-state index in [1.165, 1.54) is 27.4 Å². The van der Waals surface area contributed by atoms with Crippen LogP contribution in [0.25, 0.3) is 22.4 Å². The first-order valence-electron chi connectivity index (χ1n) is 14.0. The van der Waals surface area contributed by atoms with Crippen LogP contribution in [0.15, 0.2) is 58.4 Å². The van der Waals surface area contributed by atoms with E-state index in [2.05, 4.69) is 15.3 Å². The molecule has 2 N–H and O–H groups in total. The van der Waals surface area contributed by atoms with Crippen molar-refractivity contribution >= 4 is 40.8 Å². The highest BCUT2D eigenvalue weighted by Crippen LogP contribution is 2.41. The second kappa shape index (κ2) is 13.2. The van der Waals surface area contributed by atoms with Crippen molar-refractivity contribution in [2.45, 2.75) is 31.8 Å². The molecule has 1 fully saturated rings. The fraction of sp³-hybridized carbons (Fsp3) is 0.290. The van der Waals surface area contributed by atoms with Gasteiger partial charge in [0.15, 0.2) is 0 Å². The van der Waals surface area contributed by atoms with Crippen molar-refractivity contribution in [2.24, 2.45) is 14.1 Å². The number of hydrogen-bond donors (Lipinski definition) is 2. The topological polar surface area (TPSA) is 149 Å². The SMILES string of the molecule is COc1nc(-c2cccc(-c3cccc(NC(=O)c4cn(C)c(=O)n(C)c4=O)c3Cl)c2Cl)cnc1CN1CCCCC1C(=O)O. The Kier molecular flexibility index (Phi) is 9.37. The van der Waals surface area contributed by atoms with Gasteiger partial charge in [-0.05, 0) is 25.5 Å². The Morgan fingerprint density at radius 1 is 1.04 bits per heavy atom. The molecule has 4 aromatic rings. The zero-order chi connectivity index (χ0) is 32.4. The number of piperidine rings is 1. The van der Waals surface area contributed by atoms with Crippen molar-refractivity contribution < 1.29 is 19.4 Å². The Balaban J connectivity index is 1.45. The summed E-state index contributed by atoms with van der Waals surface area (Å²) in [5.74, 6) is -1.33. The summed E-state index contributed by atoms with van der Waals surface area (Å²) in [5.41, 5.74) is 1.27. The first-order chi connectivity index (χ1) is 21.5. The molecular formula is C31H30Cl2N6O6. The molecule has 5 rings (SSSR count). The van der Waals surface area contributed by atoms with Crippen LogP contribution in [0.4, 0.5) is 5.69 Å². The second-order valence-corrected chi connectivity index (χ2v) is 11.4. The van der Waals surface area contributed by atoms with E-state index in [1.54, 1.807) is 42.6 Å². The van der Waals surface area contributed by atoms with Crippen LogP contribution >= 0.6 is 23.2 Å². The highest BCUT2D eigenvalue weighted by molar-refractivity contribution is 6.39. The number of hydrogen-bond acceptors (Lipinski definition) is 8. The molecule has 0 spiro atoms. The number of aryl methyl sites for hydroxylation is 1. The van der Waals surface area contributed by atoms with Gasteiger partial charge in [0.2, 0.25) is 5.88 Å². The molecule has 1 aliphatic heterocycles. The predicted octanol–water partition coefficient (Wildman–Crippen LogP) is 4.21. The standard InChI is InChI=1S/C31H30Cl2N6O6/c1-37-15-20(29(41)38(2)31(37)44)27(40)35-21-11-7-9-18(26(21)33)17-8-6-10-19(25(17)32)22-14-34-23(28(36-22)45-3)16-39-13-5-4-12-24(39)30(42)43/h6-11,14-15,24H,4-5,12-13,16H2,1-3H3,(H,35,40)(H,42,43). The van der Waals surface area contributed by atoms with Crippen LogP contribution in [0.1, 0.15) is 35.3 Å². The average molecular weight is 654 g/mol. The van der Waals surface area contributed by atoms with E-state index in [4.69, 9.17) is 27.9 Å². The number of rotatable bonds is 8. The lowest BCUT2D eigenvalue weighted by Gasteiger charge is -2.32. The van der Waals surface area contributed by atoms with Gasteiger partial charge in [0.25, 0.3) is 11.5 Å². The van der Waals surface area contributed by atoms with Gasteiger partial charge in [0, 0.05) is 43.5 Å². The number of aliphatic carboxylic acids is 1. The Labute approximate surface area is 267 Å². The average Bonchev–Trinajstić information content (AvgIpc) is 3.03. The van der Waals surface area contributed by atoms with Gasteiger partial charge in [0.1, 0.15) is 17.3 Å². The van der Waals surface area contributed by atoms with E-state index < -0.39 is 29.2 Å². The normalized spacial score (nSPS) is 15.1. The lowest BCUT2D eigenvalue weighted by molar-refractivity contribution is -0.144. The van der Waals surface area contributed by atoms with Crippen molar-refractivity contribution in [1.29, 1.82) is 0 Å². The molecule has 1 saturated heterocycles. The van der Waals surface area contributed by atoms with Crippen molar-refractivity contribution in [3.05, 3.63) is 90.9 Å². The van der Waals surface area contributed by atoms with Crippen molar-refractivity contribution in [3.8, 4) is 28.3 Å². The van der Waals surface area contributed by atoms with Crippen LogP contribution in [0.2, 0.25) is 10.0 Å². The largest absolute Gasteiger partial charge is 0.480 e. The first kappa shape index (κ1) is 31.9. The number of benzene rings is 2. The molecule has 1 atom stereocenters. The maximum Gasteiger partial charge on any atom is 0.330 e. The van der Waals surface area contributed by atoms with Crippen LogP contribution in [0, 0.1) is 0 Å². The molecule has 0 aliphatic carbocycles.